The maximum atomic E-state index is 12.1. The third-order valence-electron chi connectivity index (χ3n) is 3.91. The zero-order valence-electron chi connectivity index (χ0n) is 12.4. The predicted octanol–water partition coefficient (Wildman–Crippen LogP) is 2.25. The molecule has 0 bridgehead atoms. The highest BCUT2D eigenvalue weighted by Gasteiger charge is 2.33. The fraction of sp³-hybridized carbons (Fsp3) is 0.438. The summed E-state index contributed by atoms with van der Waals surface area (Å²) in [6, 6.07) is 8.45. The van der Waals surface area contributed by atoms with E-state index >= 15 is 0 Å². The van der Waals surface area contributed by atoms with Crippen LogP contribution in [0.4, 0.5) is 0 Å². The highest BCUT2D eigenvalue weighted by molar-refractivity contribution is 5.79. The Morgan fingerprint density at radius 1 is 1.29 bits per heavy atom. The van der Waals surface area contributed by atoms with Gasteiger partial charge in [-0.25, -0.2) is 0 Å². The lowest BCUT2D eigenvalue weighted by Crippen LogP contribution is -2.27. The molecule has 21 heavy (non-hydrogen) atoms. The number of nitrogens with zero attached hydrogens (tertiary/aromatic N) is 3. The maximum absolute atomic E-state index is 12.1. The second-order valence-corrected chi connectivity index (χ2v) is 5.65. The molecular weight excluding hydrogens is 266 g/mol. The van der Waals surface area contributed by atoms with Crippen LogP contribution in [0.1, 0.15) is 35.2 Å². The molecule has 0 radical (unpaired) electrons. The van der Waals surface area contributed by atoms with Gasteiger partial charge in [-0.15, -0.1) is 0 Å². The Morgan fingerprint density at radius 3 is 2.71 bits per heavy atom. The van der Waals surface area contributed by atoms with Crippen LogP contribution in [0, 0.1) is 13.8 Å². The van der Waals surface area contributed by atoms with Gasteiger partial charge >= 0.3 is 0 Å². The number of likely N-dealkylation sites (tertiary alicyclic amines) is 1. The molecule has 3 rings (SSSR count). The smallest absolute Gasteiger partial charge is 0.223 e. The Labute approximate surface area is 124 Å². The van der Waals surface area contributed by atoms with Crippen molar-refractivity contribution in [3.63, 3.8) is 0 Å². The number of hydrogen-bond donors (Lipinski definition) is 0. The summed E-state index contributed by atoms with van der Waals surface area (Å²) in [5.41, 5.74) is 2.51. The topological polar surface area (TPSA) is 59.2 Å². The standard InChI is InChI=1S/C16H19N3O2/c1-11-3-5-13(6-4-11)7-8-19-10-14(9-15(19)20)16-17-12(2)21-18-16/h3-6,14H,7-10H2,1-2H3. The van der Waals surface area contributed by atoms with Crippen LogP contribution < -0.4 is 0 Å². The van der Waals surface area contributed by atoms with E-state index in [-0.39, 0.29) is 11.8 Å². The van der Waals surface area contributed by atoms with Crippen molar-refractivity contribution >= 4 is 5.91 Å². The fourth-order valence-electron chi connectivity index (χ4n) is 2.66. The summed E-state index contributed by atoms with van der Waals surface area (Å²) >= 11 is 0. The average molecular weight is 285 g/mol. The third kappa shape index (κ3) is 3.12. The number of aromatic nitrogens is 2. The minimum Gasteiger partial charge on any atom is -0.342 e. The van der Waals surface area contributed by atoms with Crippen molar-refractivity contribution in [3.8, 4) is 0 Å². The van der Waals surface area contributed by atoms with Crippen molar-refractivity contribution in [3.05, 3.63) is 47.1 Å². The SMILES string of the molecule is Cc1ccc(CCN2CC(c3noc(C)n3)CC2=O)cc1. The van der Waals surface area contributed by atoms with E-state index in [1.807, 2.05) is 4.90 Å². The van der Waals surface area contributed by atoms with Gasteiger partial charge in [0.05, 0.1) is 0 Å². The molecule has 5 nitrogen and oxygen atoms in total. The molecule has 1 saturated heterocycles. The van der Waals surface area contributed by atoms with Crippen LogP contribution in [0.25, 0.3) is 0 Å². The highest BCUT2D eigenvalue weighted by Crippen LogP contribution is 2.26. The molecule has 1 atom stereocenters. The molecule has 1 amide bonds. The first-order valence-electron chi connectivity index (χ1n) is 7.25. The van der Waals surface area contributed by atoms with Crippen LogP contribution in [0.15, 0.2) is 28.8 Å². The van der Waals surface area contributed by atoms with Gasteiger partial charge in [0.2, 0.25) is 11.8 Å². The lowest BCUT2D eigenvalue weighted by atomic mass is 10.1. The summed E-state index contributed by atoms with van der Waals surface area (Å²) in [6.07, 6.45) is 1.36. The van der Waals surface area contributed by atoms with Crippen molar-refractivity contribution < 1.29 is 9.32 Å². The quantitative estimate of drug-likeness (QED) is 0.864. The molecule has 1 aliphatic rings. The van der Waals surface area contributed by atoms with E-state index < -0.39 is 0 Å². The Hall–Kier alpha value is -2.17. The molecule has 2 aromatic rings. The molecule has 1 fully saturated rings. The molecule has 1 aromatic heterocycles. The molecule has 0 saturated carbocycles. The number of amides is 1. The molecule has 1 aliphatic heterocycles. The van der Waals surface area contributed by atoms with E-state index in [1.54, 1.807) is 6.92 Å². The Bertz CT molecular complexity index is 633. The zero-order valence-corrected chi connectivity index (χ0v) is 12.4. The minimum absolute atomic E-state index is 0.0629. The first kappa shape index (κ1) is 13.8. The molecule has 0 N–H and O–H groups in total. The van der Waals surface area contributed by atoms with Crippen molar-refractivity contribution in [2.75, 3.05) is 13.1 Å². The second kappa shape index (κ2) is 5.68. The number of carbonyl (C=O) groups excluding carboxylic acids is 1. The van der Waals surface area contributed by atoms with Crippen molar-refractivity contribution in [2.45, 2.75) is 32.6 Å². The van der Waals surface area contributed by atoms with Crippen LogP contribution in [0.2, 0.25) is 0 Å². The number of rotatable bonds is 4. The molecule has 110 valence electrons. The molecule has 1 aromatic carbocycles. The first-order valence-corrected chi connectivity index (χ1v) is 7.25. The van der Waals surface area contributed by atoms with Gasteiger partial charge < -0.3 is 9.42 Å². The fourth-order valence-corrected chi connectivity index (χ4v) is 2.66. The van der Waals surface area contributed by atoms with Gasteiger partial charge in [0.1, 0.15) is 0 Å². The van der Waals surface area contributed by atoms with Gasteiger partial charge in [-0.05, 0) is 18.9 Å². The summed E-state index contributed by atoms with van der Waals surface area (Å²) in [6.45, 7) is 5.27. The number of carbonyl (C=O) groups is 1. The monoisotopic (exact) mass is 285 g/mol. The highest BCUT2D eigenvalue weighted by atomic mass is 16.5. The van der Waals surface area contributed by atoms with Gasteiger partial charge in [0.25, 0.3) is 0 Å². The summed E-state index contributed by atoms with van der Waals surface area (Å²) in [5, 5.41) is 3.93. The van der Waals surface area contributed by atoms with Crippen molar-refractivity contribution in [1.29, 1.82) is 0 Å². The Morgan fingerprint density at radius 2 is 2.05 bits per heavy atom. The zero-order chi connectivity index (χ0) is 14.8. The number of aryl methyl sites for hydroxylation is 2. The first-order chi connectivity index (χ1) is 10.1. The van der Waals surface area contributed by atoms with E-state index in [0.29, 0.717) is 24.7 Å². The summed E-state index contributed by atoms with van der Waals surface area (Å²) in [7, 11) is 0. The van der Waals surface area contributed by atoms with E-state index in [2.05, 4.69) is 41.3 Å². The van der Waals surface area contributed by atoms with Crippen LogP contribution in [0.3, 0.4) is 0 Å². The maximum Gasteiger partial charge on any atom is 0.223 e. The molecule has 2 heterocycles. The van der Waals surface area contributed by atoms with Crippen LogP contribution in [0.5, 0.6) is 0 Å². The van der Waals surface area contributed by atoms with Gasteiger partial charge in [-0.1, -0.05) is 35.0 Å². The van der Waals surface area contributed by atoms with Gasteiger partial charge in [-0.3, -0.25) is 4.79 Å². The number of benzene rings is 1. The van der Waals surface area contributed by atoms with Gasteiger partial charge in [0, 0.05) is 32.4 Å². The predicted molar refractivity (Wildman–Crippen MR) is 77.9 cm³/mol. The van der Waals surface area contributed by atoms with Crippen molar-refractivity contribution in [2.24, 2.45) is 0 Å². The molecule has 1 unspecified atom stereocenters. The molecule has 0 aliphatic carbocycles. The van der Waals surface area contributed by atoms with Crippen LogP contribution in [-0.2, 0) is 11.2 Å². The van der Waals surface area contributed by atoms with E-state index in [0.717, 1.165) is 13.0 Å². The largest absolute Gasteiger partial charge is 0.342 e. The minimum atomic E-state index is 0.0629. The molecule has 5 heteroatoms. The van der Waals surface area contributed by atoms with E-state index in [9.17, 15) is 4.79 Å². The van der Waals surface area contributed by atoms with Crippen molar-refractivity contribution in [1.82, 2.24) is 15.0 Å². The summed E-state index contributed by atoms with van der Waals surface area (Å²) in [5.74, 6) is 1.44. The number of hydrogen-bond acceptors (Lipinski definition) is 4. The summed E-state index contributed by atoms with van der Waals surface area (Å²) in [4.78, 5) is 18.2. The average Bonchev–Trinajstić information content (AvgIpc) is 3.05. The second-order valence-electron chi connectivity index (χ2n) is 5.65. The lowest BCUT2D eigenvalue weighted by molar-refractivity contribution is -0.127. The van der Waals surface area contributed by atoms with Crippen LogP contribution >= 0.6 is 0 Å². The normalized spacial score (nSPS) is 18.5. The van der Waals surface area contributed by atoms with Gasteiger partial charge in [-0.2, -0.15) is 4.98 Å². The molecular formula is C16H19N3O2. The Balaban J connectivity index is 1.59. The van der Waals surface area contributed by atoms with Gasteiger partial charge in [0.15, 0.2) is 5.82 Å². The Kier molecular flexibility index (Phi) is 3.73. The third-order valence-corrected chi connectivity index (χ3v) is 3.91. The van der Waals surface area contributed by atoms with Crippen LogP contribution in [-0.4, -0.2) is 34.0 Å². The van der Waals surface area contributed by atoms with E-state index in [1.165, 1.54) is 11.1 Å². The lowest BCUT2D eigenvalue weighted by Gasteiger charge is -2.16. The van der Waals surface area contributed by atoms with E-state index in [4.69, 9.17) is 4.52 Å². The molecule has 0 spiro atoms. The summed E-state index contributed by atoms with van der Waals surface area (Å²) < 4.78 is 5.00.